The first kappa shape index (κ1) is 20.4. The summed E-state index contributed by atoms with van der Waals surface area (Å²) in [7, 11) is 1.68. The molecule has 29 heavy (non-hydrogen) atoms. The molecule has 1 amide bonds. The van der Waals surface area contributed by atoms with Crippen molar-refractivity contribution in [1.29, 1.82) is 0 Å². The summed E-state index contributed by atoms with van der Waals surface area (Å²) in [5.74, 6) is 3.60. The normalized spacial score (nSPS) is 24.0. The highest BCUT2D eigenvalue weighted by molar-refractivity contribution is 7.99. The molecule has 0 saturated heterocycles. The minimum absolute atomic E-state index is 0.0767. The van der Waals surface area contributed by atoms with Crippen molar-refractivity contribution in [1.82, 2.24) is 20.1 Å². The molecule has 1 heterocycles. The Morgan fingerprint density at radius 3 is 2.79 bits per heavy atom. The first-order chi connectivity index (χ1) is 14.2. The van der Waals surface area contributed by atoms with Crippen LogP contribution in [0, 0.1) is 17.8 Å². The number of carbonyl (C=O) groups is 1. The maximum absolute atomic E-state index is 12.6. The van der Waals surface area contributed by atoms with E-state index in [4.69, 9.17) is 4.74 Å². The summed E-state index contributed by atoms with van der Waals surface area (Å²) < 4.78 is 7.29. The molecule has 4 atom stereocenters. The quantitative estimate of drug-likeness (QED) is 0.635. The highest BCUT2D eigenvalue weighted by Crippen LogP contribution is 2.49. The fourth-order valence-electron chi connectivity index (χ4n) is 5.02. The molecule has 2 aromatic rings. The molecule has 2 fully saturated rings. The van der Waals surface area contributed by atoms with Crippen LogP contribution in [0.2, 0.25) is 0 Å². The molecular weight excluding hydrogens is 384 g/mol. The van der Waals surface area contributed by atoms with Gasteiger partial charge in [-0.2, -0.15) is 0 Å². The summed E-state index contributed by atoms with van der Waals surface area (Å²) in [4.78, 5) is 12.6. The lowest BCUT2D eigenvalue weighted by atomic mass is 9.84. The van der Waals surface area contributed by atoms with E-state index in [0.717, 1.165) is 28.4 Å². The topological polar surface area (TPSA) is 69.0 Å². The van der Waals surface area contributed by atoms with E-state index in [1.807, 2.05) is 34.9 Å². The Morgan fingerprint density at radius 2 is 2.10 bits per heavy atom. The molecule has 4 unspecified atom stereocenters. The number of hydrogen-bond donors (Lipinski definition) is 1. The molecule has 0 aliphatic heterocycles. The highest BCUT2D eigenvalue weighted by atomic mass is 32.2. The maximum atomic E-state index is 12.6. The van der Waals surface area contributed by atoms with E-state index < -0.39 is 0 Å². The smallest absolute Gasteiger partial charge is 0.230 e. The lowest BCUT2D eigenvalue weighted by Gasteiger charge is -2.28. The van der Waals surface area contributed by atoms with Gasteiger partial charge in [-0.25, -0.2) is 0 Å². The van der Waals surface area contributed by atoms with Crippen LogP contribution in [0.4, 0.5) is 0 Å². The molecule has 1 N–H and O–H groups in total. The zero-order valence-corrected chi connectivity index (χ0v) is 18.0. The molecule has 0 radical (unpaired) electrons. The lowest BCUT2D eigenvalue weighted by molar-refractivity contribution is -0.119. The monoisotopic (exact) mass is 414 g/mol. The van der Waals surface area contributed by atoms with Crippen molar-refractivity contribution in [2.45, 2.75) is 50.4 Å². The van der Waals surface area contributed by atoms with Crippen molar-refractivity contribution in [3.8, 4) is 11.4 Å². The van der Waals surface area contributed by atoms with Gasteiger partial charge in [0.25, 0.3) is 0 Å². The van der Waals surface area contributed by atoms with Crippen molar-refractivity contribution >= 4 is 17.7 Å². The van der Waals surface area contributed by atoms with Gasteiger partial charge in [-0.15, -0.1) is 10.2 Å². The van der Waals surface area contributed by atoms with Crippen LogP contribution in [-0.4, -0.2) is 46.2 Å². The van der Waals surface area contributed by atoms with E-state index in [0.29, 0.717) is 24.8 Å². The standard InChI is InChI=1S/C22H30N4O2S/c1-15(19-13-16-8-9-18(19)12-16)23-20(27)14-29-22-25-24-21(26(22)10-11-28-2)17-6-4-3-5-7-17/h3-7,15-16,18-19H,8-14H2,1-2H3,(H,23,27). The molecule has 4 rings (SSSR count). The second-order valence-corrected chi connectivity index (χ2v) is 9.24. The lowest BCUT2D eigenvalue weighted by Crippen LogP contribution is -2.40. The van der Waals surface area contributed by atoms with E-state index in [1.165, 1.54) is 37.4 Å². The summed E-state index contributed by atoms with van der Waals surface area (Å²) in [5.41, 5.74) is 1.01. The molecule has 7 heteroatoms. The first-order valence-electron chi connectivity index (χ1n) is 10.6. The van der Waals surface area contributed by atoms with Gasteiger partial charge in [-0.3, -0.25) is 9.36 Å². The van der Waals surface area contributed by atoms with Gasteiger partial charge in [0.1, 0.15) is 0 Å². The predicted octanol–water partition coefficient (Wildman–Crippen LogP) is 3.62. The van der Waals surface area contributed by atoms with E-state index in [2.05, 4.69) is 22.4 Å². The largest absolute Gasteiger partial charge is 0.383 e. The van der Waals surface area contributed by atoms with Crippen LogP contribution in [-0.2, 0) is 16.1 Å². The Labute approximate surface area is 176 Å². The maximum Gasteiger partial charge on any atom is 0.230 e. The Morgan fingerprint density at radius 1 is 1.28 bits per heavy atom. The summed E-state index contributed by atoms with van der Waals surface area (Å²) in [6, 6.07) is 10.3. The third-order valence-corrected chi connectivity index (χ3v) is 7.39. The van der Waals surface area contributed by atoms with Crippen molar-refractivity contribution < 1.29 is 9.53 Å². The number of methoxy groups -OCH3 is 1. The van der Waals surface area contributed by atoms with Crippen LogP contribution in [0.5, 0.6) is 0 Å². The number of fused-ring (bicyclic) bond motifs is 2. The number of carbonyl (C=O) groups excluding carboxylic acids is 1. The zero-order valence-electron chi connectivity index (χ0n) is 17.2. The van der Waals surface area contributed by atoms with Crippen LogP contribution in [0.25, 0.3) is 11.4 Å². The second kappa shape index (κ2) is 9.30. The average Bonchev–Trinajstić information content (AvgIpc) is 3.47. The van der Waals surface area contributed by atoms with E-state index in [1.54, 1.807) is 7.11 Å². The summed E-state index contributed by atoms with van der Waals surface area (Å²) in [6.45, 7) is 3.39. The average molecular weight is 415 g/mol. The molecule has 6 nitrogen and oxygen atoms in total. The Bertz CT molecular complexity index is 825. The van der Waals surface area contributed by atoms with Crippen LogP contribution in [0.15, 0.2) is 35.5 Å². The fourth-order valence-corrected chi connectivity index (χ4v) is 5.80. The molecule has 2 bridgehead atoms. The Kier molecular flexibility index (Phi) is 6.55. The number of nitrogens with zero attached hydrogens (tertiary/aromatic N) is 3. The number of benzene rings is 1. The second-order valence-electron chi connectivity index (χ2n) is 8.30. The van der Waals surface area contributed by atoms with Crippen molar-refractivity contribution in [2.24, 2.45) is 17.8 Å². The van der Waals surface area contributed by atoms with Crippen molar-refractivity contribution in [2.75, 3.05) is 19.5 Å². The SMILES string of the molecule is COCCn1c(SCC(=O)NC(C)C2CC3CCC2C3)nnc1-c1ccccc1. The van der Waals surface area contributed by atoms with Gasteiger partial charge >= 0.3 is 0 Å². The van der Waals surface area contributed by atoms with E-state index in [-0.39, 0.29) is 11.9 Å². The van der Waals surface area contributed by atoms with Crippen LogP contribution >= 0.6 is 11.8 Å². The van der Waals surface area contributed by atoms with Gasteiger partial charge in [0, 0.05) is 18.7 Å². The molecule has 1 aromatic carbocycles. The number of rotatable bonds is 9. The van der Waals surface area contributed by atoms with E-state index in [9.17, 15) is 4.79 Å². The third-order valence-electron chi connectivity index (χ3n) is 6.42. The van der Waals surface area contributed by atoms with Crippen molar-refractivity contribution in [3.63, 3.8) is 0 Å². The Hall–Kier alpha value is -1.86. The number of thioether (sulfide) groups is 1. The minimum Gasteiger partial charge on any atom is -0.383 e. The first-order valence-corrected chi connectivity index (χ1v) is 11.5. The van der Waals surface area contributed by atoms with Crippen LogP contribution in [0.3, 0.4) is 0 Å². The van der Waals surface area contributed by atoms with Gasteiger partial charge in [-0.1, -0.05) is 48.5 Å². The van der Waals surface area contributed by atoms with Gasteiger partial charge in [-0.05, 0) is 43.9 Å². The predicted molar refractivity (Wildman–Crippen MR) is 115 cm³/mol. The highest BCUT2D eigenvalue weighted by Gasteiger charge is 2.42. The molecule has 2 aliphatic rings. The number of ether oxygens (including phenoxy) is 1. The zero-order chi connectivity index (χ0) is 20.2. The number of hydrogen-bond acceptors (Lipinski definition) is 5. The van der Waals surface area contributed by atoms with Gasteiger partial charge in [0.15, 0.2) is 11.0 Å². The summed E-state index contributed by atoms with van der Waals surface area (Å²) in [5, 5.41) is 12.7. The van der Waals surface area contributed by atoms with Crippen LogP contribution < -0.4 is 5.32 Å². The van der Waals surface area contributed by atoms with Gasteiger partial charge < -0.3 is 10.1 Å². The van der Waals surface area contributed by atoms with E-state index >= 15 is 0 Å². The summed E-state index contributed by atoms with van der Waals surface area (Å²) >= 11 is 1.44. The minimum atomic E-state index is 0.0767. The third kappa shape index (κ3) is 4.67. The molecule has 1 aromatic heterocycles. The molecule has 2 aliphatic carbocycles. The molecule has 156 valence electrons. The summed E-state index contributed by atoms with van der Waals surface area (Å²) in [6.07, 6.45) is 5.38. The fraction of sp³-hybridized carbons (Fsp3) is 0.591. The number of amides is 1. The molecule has 2 saturated carbocycles. The molecular formula is C22H30N4O2S. The number of nitrogens with one attached hydrogen (secondary N) is 1. The van der Waals surface area contributed by atoms with Crippen LogP contribution in [0.1, 0.15) is 32.6 Å². The van der Waals surface area contributed by atoms with Crippen molar-refractivity contribution in [3.05, 3.63) is 30.3 Å². The Balaban J connectivity index is 1.37. The van der Waals surface area contributed by atoms with Gasteiger partial charge in [0.2, 0.25) is 5.91 Å². The number of aromatic nitrogens is 3. The molecule has 0 spiro atoms. The van der Waals surface area contributed by atoms with Gasteiger partial charge in [0.05, 0.1) is 18.9 Å².